The second-order valence-electron chi connectivity index (χ2n) is 8.51. The van der Waals surface area contributed by atoms with Crippen LogP contribution in [0.15, 0.2) is 41.3 Å². The highest BCUT2D eigenvalue weighted by atomic mass is 35.7. The molecule has 3 aromatic heterocycles. The van der Waals surface area contributed by atoms with Crippen LogP contribution in [-0.2, 0) is 15.5 Å². The predicted octanol–water partition coefficient (Wildman–Crippen LogP) is 4.37. The van der Waals surface area contributed by atoms with Crippen LogP contribution in [0.1, 0.15) is 36.7 Å². The summed E-state index contributed by atoms with van der Waals surface area (Å²) in [6, 6.07) is 6.15. The molecular formula is C24H21ClF2N4O4S. The van der Waals surface area contributed by atoms with E-state index in [1.165, 1.54) is 12.1 Å². The first-order valence-corrected chi connectivity index (χ1v) is 13.3. The van der Waals surface area contributed by atoms with Gasteiger partial charge in [-0.25, -0.2) is 31.5 Å². The van der Waals surface area contributed by atoms with Crippen LogP contribution < -0.4 is 5.69 Å². The second kappa shape index (κ2) is 9.55. The van der Waals surface area contributed by atoms with E-state index in [0.717, 1.165) is 16.7 Å². The summed E-state index contributed by atoms with van der Waals surface area (Å²) in [7, 11) is 1.40. The number of aromatic hydroxyl groups is 1. The lowest BCUT2D eigenvalue weighted by molar-refractivity contribution is 0.470. The van der Waals surface area contributed by atoms with Crippen LogP contribution in [0.4, 0.5) is 8.78 Å². The highest BCUT2D eigenvalue weighted by Gasteiger charge is 2.24. The lowest BCUT2D eigenvalue weighted by Crippen LogP contribution is -2.27. The molecule has 0 aliphatic carbocycles. The number of hydrogen-bond acceptors (Lipinski definition) is 7. The van der Waals surface area contributed by atoms with E-state index in [-0.39, 0.29) is 29.1 Å². The first-order chi connectivity index (χ1) is 16.9. The largest absolute Gasteiger partial charge is 0.507 e. The predicted molar refractivity (Wildman–Crippen MR) is 132 cm³/mol. The first kappa shape index (κ1) is 25.6. The molecule has 1 N–H and O–H groups in total. The van der Waals surface area contributed by atoms with Crippen molar-refractivity contribution in [2.75, 3.05) is 5.75 Å². The molecule has 0 unspecified atom stereocenters. The number of pyridine rings is 2. The molecule has 3 heterocycles. The van der Waals surface area contributed by atoms with Gasteiger partial charge in [0.05, 0.1) is 28.4 Å². The van der Waals surface area contributed by atoms with Gasteiger partial charge in [0, 0.05) is 28.7 Å². The molecule has 36 heavy (non-hydrogen) atoms. The van der Waals surface area contributed by atoms with Gasteiger partial charge in [0.25, 0.3) is 0 Å². The molecule has 0 radical (unpaired) electrons. The average molecular weight is 535 g/mol. The van der Waals surface area contributed by atoms with Crippen molar-refractivity contribution < 1.29 is 22.3 Å². The van der Waals surface area contributed by atoms with Crippen molar-refractivity contribution in [3.05, 3.63) is 75.6 Å². The maximum atomic E-state index is 15.3. The summed E-state index contributed by atoms with van der Waals surface area (Å²) in [5, 5.41) is 10.3. The van der Waals surface area contributed by atoms with Crippen molar-refractivity contribution in [1.29, 1.82) is 0 Å². The molecule has 0 atom stereocenters. The zero-order valence-corrected chi connectivity index (χ0v) is 21.0. The maximum absolute atomic E-state index is 15.3. The highest BCUT2D eigenvalue weighted by Crippen LogP contribution is 2.35. The number of nitrogens with zero attached hydrogens (tertiary/aromatic N) is 4. The lowest BCUT2D eigenvalue weighted by Gasteiger charge is -2.19. The lowest BCUT2D eigenvalue weighted by atomic mass is 10.0. The Labute approximate surface area is 209 Å². The van der Waals surface area contributed by atoms with E-state index in [9.17, 15) is 22.7 Å². The van der Waals surface area contributed by atoms with Crippen molar-refractivity contribution in [2.24, 2.45) is 0 Å². The quantitative estimate of drug-likeness (QED) is 0.365. The molecule has 0 amide bonds. The van der Waals surface area contributed by atoms with E-state index < -0.39 is 49.1 Å². The van der Waals surface area contributed by atoms with Crippen LogP contribution in [0.2, 0.25) is 0 Å². The normalized spacial score (nSPS) is 12.0. The van der Waals surface area contributed by atoms with Crippen LogP contribution in [0.3, 0.4) is 0 Å². The molecule has 0 aliphatic heterocycles. The third kappa shape index (κ3) is 4.80. The maximum Gasteiger partial charge on any atom is 0.354 e. The Morgan fingerprint density at radius 3 is 2.50 bits per heavy atom. The monoisotopic (exact) mass is 534 g/mol. The van der Waals surface area contributed by atoms with Crippen LogP contribution in [-0.4, -0.2) is 38.8 Å². The zero-order valence-electron chi connectivity index (χ0n) is 19.5. The Bertz CT molecular complexity index is 1650. The summed E-state index contributed by atoms with van der Waals surface area (Å²) in [4.78, 5) is 26.1. The van der Waals surface area contributed by atoms with Crippen LogP contribution in [0.5, 0.6) is 5.75 Å². The number of aromatic nitrogens is 4. The van der Waals surface area contributed by atoms with E-state index >= 15 is 4.39 Å². The number of aryl methyl sites for hydroxylation is 2. The fourth-order valence-electron chi connectivity index (χ4n) is 4.00. The average Bonchev–Trinajstić information content (AvgIpc) is 2.78. The Balaban J connectivity index is 2.16. The number of hydrogen-bond donors (Lipinski definition) is 1. The van der Waals surface area contributed by atoms with E-state index in [1.807, 2.05) is 13.8 Å². The molecule has 0 saturated heterocycles. The smallest absolute Gasteiger partial charge is 0.354 e. The molecule has 0 bridgehead atoms. The van der Waals surface area contributed by atoms with E-state index in [4.69, 9.17) is 10.7 Å². The molecule has 1 aromatic carbocycles. The minimum atomic E-state index is -3.95. The number of fused-ring (bicyclic) bond motifs is 1. The van der Waals surface area contributed by atoms with Gasteiger partial charge in [0.1, 0.15) is 17.3 Å². The molecule has 12 heteroatoms. The summed E-state index contributed by atoms with van der Waals surface area (Å²) in [6.45, 7) is 5.51. The standard InChI is InChI=1S/C24H21ClF2N4O4S/c1-12(2)20-22(13(3)7-9-28-20)31-23-14(17(29-24(31)33)8-10-36(25,34)35)11-16(27)21(30-23)19-15(26)5-4-6-18(19)32/h4-7,9,11-12,32H,8,10H2,1-3H3. The van der Waals surface area contributed by atoms with E-state index in [0.29, 0.717) is 16.9 Å². The third-order valence-electron chi connectivity index (χ3n) is 5.64. The van der Waals surface area contributed by atoms with Crippen LogP contribution >= 0.6 is 10.7 Å². The molecule has 0 spiro atoms. The van der Waals surface area contributed by atoms with Crippen molar-refractivity contribution in [3.63, 3.8) is 0 Å². The summed E-state index contributed by atoms with van der Waals surface area (Å²) < 4.78 is 54.2. The zero-order chi connectivity index (χ0) is 26.4. The van der Waals surface area contributed by atoms with Gasteiger partial charge >= 0.3 is 5.69 Å². The summed E-state index contributed by atoms with van der Waals surface area (Å²) >= 11 is 0. The van der Waals surface area contributed by atoms with Gasteiger partial charge < -0.3 is 5.11 Å². The van der Waals surface area contributed by atoms with Gasteiger partial charge in [-0.15, -0.1) is 0 Å². The van der Waals surface area contributed by atoms with Gasteiger partial charge in [-0.1, -0.05) is 19.9 Å². The highest BCUT2D eigenvalue weighted by molar-refractivity contribution is 8.13. The van der Waals surface area contributed by atoms with Crippen molar-refractivity contribution >= 4 is 30.8 Å². The van der Waals surface area contributed by atoms with Crippen LogP contribution in [0, 0.1) is 18.6 Å². The number of halogens is 3. The Hall–Kier alpha value is -3.44. The molecule has 8 nitrogen and oxygen atoms in total. The molecule has 0 fully saturated rings. The molecule has 0 aliphatic rings. The fourth-order valence-corrected chi connectivity index (χ4v) is 4.66. The second-order valence-corrected chi connectivity index (χ2v) is 11.4. The van der Waals surface area contributed by atoms with Gasteiger partial charge in [0.2, 0.25) is 9.05 Å². The van der Waals surface area contributed by atoms with Gasteiger partial charge in [-0.05, 0) is 42.7 Å². The SMILES string of the molecule is Cc1ccnc(C(C)C)c1-n1c(=O)nc(CCS(=O)(=O)Cl)c2cc(F)c(-c3c(O)cccc3F)nc21. The summed E-state index contributed by atoms with van der Waals surface area (Å²) in [6.07, 6.45) is 1.30. The summed E-state index contributed by atoms with van der Waals surface area (Å²) in [5.74, 6) is -3.15. The molecular weight excluding hydrogens is 514 g/mol. The molecule has 0 saturated carbocycles. The Morgan fingerprint density at radius 2 is 1.86 bits per heavy atom. The minimum Gasteiger partial charge on any atom is -0.507 e. The molecule has 4 aromatic rings. The third-order valence-corrected chi connectivity index (χ3v) is 6.79. The van der Waals surface area contributed by atoms with Crippen molar-refractivity contribution in [3.8, 4) is 22.7 Å². The Morgan fingerprint density at radius 1 is 1.14 bits per heavy atom. The van der Waals surface area contributed by atoms with Crippen molar-refractivity contribution in [1.82, 2.24) is 19.5 Å². The van der Waals surface area contributed by atoms with Gasteiger partial charge in [-0.2, -0.15) is 4.98 Å². The number of benzene rings is 1. The Kier molecular flexibility index (Phi) is 6.80. The molecule has 188 valence electrons. The topological polar surface area (TPSA) is 115 Å². The van der Waals surface area contributed by atoms with E-state index in [1.54, 1.807) is 19.2 Å². The van der Waals surface area contributed by atoms with Gasteiger partial charge in [0.15, 0.2) is 11.5 Å². The van der Waals surface area contributed by atoms with E-state index in [2.05, 4.69) is 15.0 Å². The first-order valence-electron chi connectivity index (χ1n) is 10.9. The minimum absolute atomic E-state index is 0.0324. The molecule has 4 rings (SSSR count). The number of phenols is 1. The van der Waals surface area contributed by atoms with Gasteiger partial charge in [-0.3, -0.25) is 4.98 Å². The fraction of sp³-hybridized carbons (Fsp3) is 0.250. The summed E-state index contributed by atoms with van der Waals surface area (Å²) in [5.41, 5.74) is -0.410. The van der Waals surface area contributed by atoms with Crippen LogP contribution in [0.25, 0.3) is 28.0 Å². The van der Waals surface area contributed by atoms with Crippen molar-refractivity contribution in [2.45, 2.75) is 33.1 Å². The number of rotatable bonds is 6. The number of phenolic OH excluding ortho intramolecular Hbond substituents is 1.